The van der Waals surface area contributed by atoms with Crippen LogP contribution in [0.25, 0.3) is 6.08 Å². The molecule has 0 heterocycles. The second-order valence-corrected chi connectivity index (χ2v) is 5.07. The van der Waals surface area contributed by atoms with Gasteiger partial charge in [0.25, 0.3) is 0 Å². The number of carbonyl (C=O) groups is 2. The number of ketones is 1. The van der Waals surface area contributed by atoms with E-state index in [9.17, 15) is 27.9 Å². The maximum absolute atomic E-state index is 12.6. The lowest BCUT2D eigenvalue weighted by Crippen LogP contribution is -2.14. The number of Topliss-reactive ketones (excluding diaryl/α,β-unsaturated/α-hetero) is 1. The molecule has 2 N–H and O–H groups in total. The molecule has 0 atom stereocenters. The Balaban J connectivity index is 2.78. The van der Waals surface area contributed by atoms with E-state index in [1.54, 1.807) is 0 Å². The minimum Gasteiger partial charge on any atom is -0.508 e. The number of rotatable bonds is 6. The van der Waals surface area contributed by atoms with Gasteiger partial charge in [-0.05, 0) is 37.6 Å². The van der Waals surface area contributed by atoms with Crippen LogP contribution in [-0.2, 0) is 20.5 Å². The van der Waals surface area contributed by atoms with Gasteiger partial charge in [0.2, 0.25) is 0 Å². The molecular formula is C17H16F3NO4. The van der Waals surface area contributed by atoms with Crippen molar-refractivity contribution >= 4 is 23.5 Å². The van der Waals surface area contributed by atoms with Gasteiger partial charge in [-0.1, -0.05) is 12.1 Å². The molecule has 0 spiro atoms. The molecular weight excluding hydrogens is 339 g/mol. The molecule has 5 nitrogen and oxygen atoms in total. The van der Waals surface area contributed by atoms with Gasteiger partial charge in [-0.3, -0.25) is 4.79 Å². The molecule has 0 aliphatic heterocycles. The number of allylic oxidation sites excluding steroid dienone is 1. The Labute approximate surface area is 141 Å². The average Bonchev–Trinajstić information content (AvgIpc) is 2.49. The number of benzene rings is 1. The monoisotopic (exact) mass is 355 g/mol. The van der Waals surface area contributed by atoms with Crippen molar-refractivity contribution in [3.63, 3.8) is 0 Å². The predicted octanol–water partition coefficient (Wildman–Crippen LogP) is 3.70. The summed E-state index contributed by atoms with van der Waals surface area (Å²) in [5.74, 6) is -2.05. The van der Waals surface area contributed by atoms with Crippen LogP contribution in [0, 0.1) is 5.41 Å². The zero-order valence-electron chi connectivity index (χ0n) is 13.5. The first-order chi connectivity index (χ1) is 11.5. The van der Waals surface area contributed by atoms with Crippen molar-refractivity contribution in [3.8, 4) is 0 Å². The Morgan fingerprint density at radius 2 is 1.92 bits per heavy atom. The second kappa shape index (κ2) is 8.27. The van der Waals surface area contributed by atoms with E-state index in [0.717, 1.165) is 31.2 Å². The maximum Gasteiger partial charge on any atom is 0.416 e. The minimum absolute atomic E-state index is 0.145. The highest BCUT2D eigenvalue weighted by Gasteiger charge is 2.30. The van der Waals surface area contributed by atoms with Crippen molar-refractivity contribution in [2.45, 2.75) is 20.0 Å². The molecule has 1 rings (SSSR count). The molecule has 0 fully saturated rings. The third kappa shape index (κ3) is 6.25. The molecule has 0 amide bonds. The third-order valence-corrected chi connectivity index (χ3v) is 2.99. The molecule has 134 valence electrons. The van der Waals surface area contributed by atoms with E-state index in [2.05, 4.69) is 0 Å². The van der Waals surface area contributed by atoms with Gasteiger partial charge in [-0.2, -0.15) is 13.2 Å². The van der Waals surface area contributed by atoms with Crippen molar-refractivity contribution in [1.29, 1.82) is 5.41 Å². The summed E-state index contributed by atoms with van der Waals surface area (Å²) >= 11 is 0. The highest BCUT2D eigenvalue weighted by atomic mass is 19.4. The zero-order valence-corrected chi connectivity index (χ0v) is 13.5. The number of esters is 1. The SMILES string of the molecule is CC(=N)/C(C(C)=O)=C(/O)COC(=O)/C=C/c1cccc(C(F)(F)F)c1. The van der Waals surface area contributed by atoms with E-state index < -0.39 is 35.9 Å². The number of hydrogen-bond acceptors (Lipinski definition) is 5. The topological polar surface area (TPSA) is 87.5 Å². The summed E-state index contributed by atoms with van der Waals surface area (Å²) < 4.78 is 42.5. The van der Waals surface area contributed by atoms with Crippen LogP contribution in [-0.4, -0.2) is 29.2 Å². The summed E-state index contributed by atoms with van der Waals surface area (Å²) in [5.41, 5.74) is -1.14. The van der Waals surface area contributed by atoms with Crippen LogP contribution < -0.4 is 0 Å². The van der Waals surface area contributed by atoms with Crippen molar-refractivity contribution < 1.29 is 32.6 Å². The molecule has 0 aromatic heterocycles. The summed E-state index contributed by atoms with van der Waals surface area (Å²) in [6.07, 6.45) is -2.46. The molecule has 1 aromatic rings. The van der Waals surface area contributed by atoms with Crippen molar-refractivity contribution in [2.75, 3.05) is 6.61 Å². The maximum atomic E-state index is 12.6. The number of alkyl halides is 3. The van der Waals surface area contributed by atoms with Gasteiger partial charge >= 0.3 is 12.1 Å². The first kappa shape index (κ1) is 20.1. The van der Waals surface area contributed by atoms with Crippen molar-refractivity contribution in [1.82, 2.24) is 0 Å². The molecule has 0 radical (unpaired) electrons. The van der Waals surface area contributed by atoms with Crippen LogP contribution in [0.5, 0.6) is 0 Å². The van der Waals surface area contributed by atoms with Gasteiger partial charge in [-0.25, -0.2) is 4.79 Å². The molecule has 0 saturated carbocycles. The molecule has 0 saturated heterocycles. The zero-order chi connectivity index (χ0) is 19.2. The number of halogens is 3. The number of aliphatic hydroxyl groups excluding tert-OH is 1. The van der Waals surface area contributed by atoms with Crippen LogP contribution >= 0.6 is 0 Å². The van der Waals surface area contributed by atoms with Crippen LogP contribution in [0.2, 0.25) is 0 Å². The van der Waals surface area contributed by atoms with E-state index >= 15 is 0 Å². The van der Waals surface area contributed by atoms with Gasteiger partial charge in [0, 0.05) is 11.8 Å². The number of carbonyl (C=O) groups excluding carboxylic acids is 2. The Morgan fingerprint density at radius 3 is 2.44 bits per heavy atom. The van der Waals surface area contributed by atoms with E-state index in [0.29, 0.717) is 0 Å². The van der Waals surface area contributed by atoms with E-state index in [1.165, 1.54) is 19.1 Å². The fourth-order valence-electron chi connectivity index (χ4n) is 1.93. The van der Waals surface area contributed by atoms with Crippen LogP contribution in [0.4, 0.5) is 13.2 Å². The summed E-state index contributed by atoms with van der Waals surface area (Å²) in [7, 11) is 0. The Morgan fingerprint density at radius 1 is 1.28 bits per heavy atom. The van der Waals surface area contributed by atoms with E-state index in [1.807, 2.05) is 0 Å². The van der Waals surface area contributed by atoms with Crippen LogP contribution in [0.1, 0.15) is 25.0 Å². The Hall–Kier alpha value is -2.90. The third-order valence-electron chi connectivity index (χ3n) is 2.99. The number of hydrogen-bond donors (Lipinski definition) is 2. The standard InChI is InChI=1S/C17H16F3NO4/c1-10(21)16(11(2)22)14(23)9-25-15(24)7-6-12-4-3-5-13(8-12)17(18,19)20/h3-8,21,23H,9H2,1-2H3/b7-6+,16-14-,21-10?. The summed E-state index contributed by atoms with van der Waals surface area (Å²) in [6, 6.07) is 4.35. The highest BCUT2D eigenvalue weighted by Crippen LogP contribution is 2.29. The number of aliphatic hydroxyl groups is 1. The average molecular weight is 355 g/mol. The van der Waals surface area contributed by atoms with Gasteiger partial charge in [-0.15, -0.1) is 0 Å². The Bertz CT molecular complexity index is 733. The van der Waals surface area contributed by atoms with E-state index in [4.69, 9.17) is 10.1 Å². The fraction of sp³-hybridized carbons (Fsp3) is 0.235. The van der Waals surface area contributed by atoms with Crippen LogP contribution in [0.15, 0.2) is 41.7 Å². The second-order valence-electron chi connectivity index (χ2n) is 5.07. The predicted molar refractivity (Wildman–Crippen MR) is 85.2 cm³/mol. The van der Waals surface area contributed by atoms with E-state index in [-0.39, 0.29) is 16.8 Å². The van der Waals surface area contributed by atoms with Gasteiger partial charge in [0.15, 0.2) is 5.78 Å². The summed E-state index contributed by atoms with van der Waals surface area (Å²) in [5, 5.41) is 17.1. The quantitative estimate of drug-likeness (QED) is 0.352. The highest BCUT2D eigenvalue weighted by molar-refractivity contribution is 6.19. The number of ether oxygens (including phenoxy) is 1. The van der Waals surface area contributed by atoms with Gasteiger partial charge < -0.3 is 15.3 Å². The molecule has 0 bridgehead atoms. The van der Waals surface area contributed by atoms with Gasteiger partial charge in [0.1, 0.15) is 12.4 Å². The summed E-state index contributed by atoms with van der Waals surface area (Å²) in [4.78, 5) is 22.9. The minimum atomic E-state index is -4.49. The first-order valence-corrected chi connectivity index (χ1v) is 7.03. The Kier molecular flexibility index (Phi) is 6.67. The van der Waals surface area contributed by atoms with Crippen LogP contribution in [0.3, 0.4) is 0 Å². The van der Waals surface area contributed by atoms with Crippen molar-refractivity contribution in [3.05, 3.63) is 52.8 Å². The lowest BCUT2D eigenvalue weighted by molar-refractivity contribution is -0.138. The fourth-order valence-corrected chi connectivity index (χ4v) is 1.93. The van der Waals surface area contributed by atoms with Crippen molar-refractivity contribution in [2.24, 2.45) is 0 Å². The number of nitrogens with one attached hydrogen (secondary N) is 1. The molecule has 1 aromatic carbocycles. The molecule has 0 aliphatic rings. The van der Waals surface area contributed by atoms with Gasteiger partial charge in [0.05, 0.1) is 11.1 Å². The molecule has 25 heavy (non-hydrogen) atoms. The smallest absolute Gasteiger partial charge is 0.416 e. The largest absolute Gasteiger partial charge is 0.508 e. The molecule has 0 unspecified atom stereocenters. The first-order valence-electron chi connectivity index (χ1n) is 7.03. The lowest BCUT2D eigenvalue weighted by atomic mass is 10.1. The summed E-state index contributed by atoms with van der Waals surface area (Å²) in [6.45, 7) is 1.82. The lowest BCUT2D eigenvalue weighted by Gasteiger charge is -2.07. The molecule has 8 heteroatoms. The normalized spacial score (nSPS) is 12.7. The molecule has 0 aliphatic carbocycles.